The molecule has 3 unspecified atom stereocenters. The van der Waals surface area contributed by atoms with Gasteiger partial charge in [0.1, 0.15) is 0 Å². The predicted octanol–water partition coefficient (Wildman–Crippen LogP) is 3.00. The molecule has 144 valence electrons. The fourth-order valence-corrected chi connectivity index (χ4v) is 5.61. The number of halogens is 3. The molecule has 5 nitrogen and oxygen atoms in total. The standard InChI is InChI=1S/C16H23F3O5S/c17-13(16(18,19)25(21,22)23)3-4-24-14(20)15-7-10-1-2-11(8-15)6-12(5-10)9-15/h10-13H,1-9H2,(H,21,22,23)/p-1. The Bertz CT molecular complexity index is 620. The van der Waals surface area contributed by atoms with Gasteiger partial charge in [0.2, 0.25) is 0 Å². The zero-order valence-corrected chi connectivity index (χ0v) is 14.6. The van der Waals surface area contributed by atoms with Crippen molar-refractivity contribution in [3.05, 3.63) is 0 Å². The summed E-state index contributed by atoms with van der Waals surface area (Å²) in [4.78, 5) is 12.6. The molecule has 0 N–H and O–H groups in total. The summed E-state index contributed by atoms with van der Waals surface area (Å²) < 4.78 is 75.9. The molecule has 0 aromatic carbocycles. The Morgan fingerprint density at radius 1 is 1.16 bits per heavy atom. The Morgan fingerprint density at radius 2 is 1.68 bits per heavy atom. The number of alkyl halides is 3. The number of esters is 1. The number of fused-ring (bicyclic) bond motifs is 1. The Balaban J connectivity index is 1.58. The zero-order valence-electron chi connectivity index (χ0n) is 13.8. The van der Waals surface area contributed by atoms with Gasteiger partial charge in [-0.2, -0.15) is 8.78 Å². The summed E-state index contributed by atoms with van der Waals surface area (Å²) in [5, 5.41) is -5.02. The fraction of sp³-hybridized carbons (Fsp3) is 0.938. The van der Waals surface area contributed by atoms with Gasteiger partial charge < -0.3 is 9.29 Å². The van der Waals surface area contributed by atoms with Gasteiger partial charge in [-0.1, -0.05) is 12.8 Å². The van der Waals surface area contributed by atoms with E-state index in [1.165, 1.54) is 0 Å². The van der Waals surface area contributed by atoms with E-state index in [0.29, 0.717) is 17.8 Å². The molecule has 4 saturated carbocycles. The van der Waals surface area contributed by atoms with E-state index in [0.717, 1.165) is 44.9 Å². The van der Waals surface area contributed by atoms with Crippen molar-refractivity contribution >= 4 is 16.1 Å². The van der Waals surface area contributed by atoms with E-state index in [2.05, 4.69) is 0 Å². The highest BCUT2D eigenvalue weighted by atomic mass is 32.2. The molecule has 4 fully saturated rings. The van der Waals surface area contributed by atoms with E-state index >= 15 is 0 Å². The molecular formula is C16H22F3O5S-. The van der Waals surface area contributed by atoms with Gasteiger partial charge in [-0.15, -0.1) is 0 Å². The summed E-state index contributed by atoms with van der Waals surface area (Å²) in [7, 11) is -6.09. The quantitative estimate of drug-likeness (QED) is 0.520. The first-order valence-corrected chi connectivity index (χ1v) is 10.1. The van der Waals surface area contributed by atoms with E-state index < -0.39 is 46.0 Å². The molecule has 4 rings (SSSR count). The lowest BCUT2D eigenvalue weighted by atomic mass is 9.58. The average molecular weight is 383 g/mol. The van der Waals surface area contributed by atoms with Crippen LogP contribution in [0, 0.1) is 23.2 Å². The van der Waals surface area contributed by atoms with E-state index in [1.54, 1.807) is 0 Å². The van der Waals surface area contributed by atoms with Crippen molar-refractivity contribution in [2.75, 3.05) is 6.61 Å². The Labute approximate surface area is 145 Å². The maximum Gasteiger partial charge on any atom is 0.364 e. The van der Waals surface area contributed by atoms with Gasteiger partial charge in [-0.25, -0.2) is 12.8 Å². The third-order valence-corrected chi connectivity index (χ3v) is 7.01. The minimum absolute atomic E-state index is 0.475. The lowest BCUT2D eigenvalue weighted by molar-refractivity contribution is -0.165. The van der Waals surface area contributed by atoms with E-state index in [4.69, 9.17) is 4.74 Å². The summed E-state index contributed by atoms with van der Waals surface area (Å²) in [6.07, 6.45) is 2.38. The highest BCUT2D eigenvalue weighted by Gasteiger charge is 2.53. The van der Waals surface area contributed by atoms with Crippen LogP contribution in [0.15, 0.2) is 0 Å². The Morgan fingerprint density at radius 3 is 2.20 bits per heavy atom. The van der Waals surface area contributed by atoms with E-state index in [-0.39, 0.29) is 0 Å². The summed E-state index contributed by atoms with van der Waals surface area (Å²) in [5.41, 5.74) is -0.605. The fourth-order valence-electron chi connectivity index (χ4n) is 5.17. The molecule has 4 bridgehead atoms. The Kier molecular flexibility index (Phi) is 4.85. The van der Waals surface area contributed by atoms with Gasteiger partial charge in [0, 0.05) is 6.42 Å². The molecule has 9 heteroatoms. The van der Waals surface area contributed by atoms with E-state index in [1.807, 2.05) is 0 Å². The predicted molar refractivity (Wildman–Crippen MR) is 80.3 cm³/mol. The maximum atomic E-state index is 13.4. The first kappa shape index (κ1) is 18.9. The normalized spacial score (nSPS) is 36.1. The van der Waals surface area contributed by atoms with Crippen LogP contribution < -0.4 is 0 Å². The number of carbonyl (C=O) groups excluding carboxylic acids is 1. The molecule has 0 spiro atoms. The second-order valence-corrected chi connectivity index (χ2v) is 9.40. The summed E-state index contributed by atoms with van der Waals surface area (Å²) in [6.45, 7) is -0.660. The number of hydrogen-bond acceptors (Lipinski definition) is 5. The van der Waals surface area contributed by atoms with Crippen molar-refractivity contribution in [1.29, 1.82) is 0 Å². The van der Waals surface area contributed by atoms with Gasteiger partial charge >= 0.3 is 11.2 Å². The molecule has 0 aromatic rings. The van der Waals surface area contributed by atoms with Crippen molar-refractivity contribution < 1.29 is 35.7 Å². The van der Waals surface area contributed by atoms with E-state index in [9.17, 15) is 30.9 Å². The summed E-state index contributed by atoms with van der Waals surface area (Å²) >= 11 is 0. The van der Waals surface area contributed by atoms with Crippen molar-refractivity contribution in [2.24, 2.45) is 23.2 Å². The SMILES string of the molecule is O=C(OCCC(F)C(F)(F)S(=O)(=O)[O-])C12CC3CCC(CC(C3)C1)C2. The van der Waals surface area contributed by atoms with Gasteiger partial charge in [0.15, 0.2) is 16.3 Å². The van der Waals surface area contributed by atoms with Crippen molar-refractivity contribution in [3.8, 4) is 0 Å². The van der Waals surface area contributed by atoms with Crippen LogP contribution >= 0.6 is 0 Å². The van der Waals surface area contributed by atoms with Crippen LogP contribution in [0.5, 0.6) is 0 Å². The van der Waals surface area contributed by atoms with Crippen molar-refractivity contribution in [1.82, 2.24) is 0 Å². The molecule has 4 aliphatic rings. The summed E-state index contributed by atoms with van der Waals surface area (Å²) in [5.74, 6) is 0.941. The number of hydrogen-bond donors (Lipinski definition) is 0. The number of ether oxygens (including phenoxy) is 1. The minimum atomic E-state index is -6.09. The van der Waals surface area contributed by atoms with Crippen LogP contribution in [0.2, 0.25) is 0 Å². The molecule has 0 amide bonds. The molecular weight excluding hydrogens is 361 g/mol. The van der Waals surface area contributed by atoms with Gasteiger partial charge in [-0.05, 0) is 49.9 Å². The van der Waals surface area contributed by atoms with Crippen molar-refractivity contribution in [3.63, 3.8) is 0 Å². The van der Waals surface area contributed by atoms with Crippen molar-refractivity contribution in [2.45, 2.75) is 62.8 Å². The highest BCUT2D eigenvalue weighted by molar-refractivity contribution is 7.86. The second-order valence-electron chi connectivity index (χ2n) is 7.95. The maximum absolute atomic E-state index is 13.4. The lowest BCUT2D eigenvalue weighted by Crippen LogP contribution is -2.44. The first-order chi connectivity index (χ1) is 11.5. The van der Waals surface area contributed by atoms with Crippen LogP contribution in [-0.2, 0) is 19.6 Å². The average Bonchev–Trinajstić information content (AvgIpc) is 2.72. The van der Waals surface area contributed by atoms with Crippen LogP contribution in [0.3, 0.4) is 0 Å². The Hall–Kier alpha value is -0.830. The molecule has 0 heterocycles. The topological polar surface area (TPSA) is 83.5 Å². The number of carbonyl (C=O) groups is 1. The van der Waals surface area contributed by atoms with Crippen LogP contribution in [-0.4, -0.2) is 37.0 Å². The number of rotatable bonds is 6. The van der Waals surface area contributed by atoms with Crippen LogP contribution in [0.4, 0.5) is 13.2 Å². The molecule has 4 aliphatic carbocycles. The van der Waals surface area contributed by atoms with Gasteiger partial charge in [0.25, 0.3) is 0 Å². The van der Waals surface area contributed by atoms with Gasteiger partial charge in [-0.3, -0.25) is 4.79 Å². The minimum Gasteiger partial charge on any atom is -0.743 e. The largest absolute Gasteiger partial charge is 0.743 e. The molecule has 0 radical (unpaired) electrons. The molecule has 0 saturated heterocycles. The van der Waals surface area contributed by atoms with Crippen LogP contribution in [0.1, 0.15) is 51.4 Å². The second kappa shape index (κ2) is 6.40. The molecule has 3 atom stereocenters. The van der Waals surface area contributed by atoms with Gasteiger partial charge in [0.05, 0.1) is 12.0 Å². The molecule has 0 aliphatic heterocycles. The summed E-state index contributed by atoms with van der Waals surface area (Å²) in [6, 6.07) is 0. The van der Waals surface area contributed by atoms with Crippen LogP contribution in [0.25, 0.3) is 0 Å². The molecule has 0 aromatic heterocycles. The smallest absolute Gasteiger partial charge is 0.364 e. The third-order valence-electron chi connectivity index (χ3n) is 6.09. The zero-order chi connectivity index (χ0) is 18.5. The molecule has 25 heavy (non-hydrogen) atoms. The first-order valence-electron chi connectivity index (χ1n) is 8.68. The third kappa shape index (κ3) is 3.54. The highest BCUT2D eigenvalue weighted by Crippen LogP contribution is 2.58. The lowest BCUT2D eigenvalue weighted by Gasteiger charge is -2.46. The monoisotopic (exact) mass is 383 g/mol.